The van der Waals surface area contributed by atoms with Crippen molar-refractivity contribution < 1.29 is 4.79 Å². The molecule has 1 saturated heterocycles. The monoisotopic (exact) mass is 337 g/mol. The van der Waals surface area contributed by atoms with E-state index in [2.05, 4.69) is 24.9 Å². The average Bonchev–Trinajstić information content (AvgIpc) is 3.15. The normalized spacial score (nSPS) is 16.7. The zero-order chi connectivity index (χ0) is 15.4. The van der Waals surface area contributed by atoms with Crippen LogP contribution in [0.3, 0.4) is 0 Å². The van der Waals surface area contributed by atoms with Crippen LogP contribution in [0.25, 0.3) is 0 Å². The molecule has 0 atom stereocenters. The molecule has 8 heteroatoms. The Morgan fingerprint density at radius 1 is 1.32 bits per heavy atom. The van der Waals surface area contributed by atoms with Crippen molar-refractivity contribution in [1.29, 1.82) is 0 Å². The van der Waals surface area contributed by atoms with E-state index in [-0.39, 0.29) is 5.91 Å². The number of rotatable bonds is 4. The maximum Gasteiger partial charge on any atom is 0.267 e. The summed E-state index contributed by atoms with van der Waals surface area (Å²) in [5.74, 6) is 0.0855. The van der Waals surface area contributed by atoms with Gasteiger partial charge in [0.1, 0.15) is 4.88 Å². The number of aryl methyl sites for hydroxylation is 1. The lowest BCUT2D eigenvalue weighted by atomic mass is 10.2. The summed E-state index contributed by atoms with van der Waals surface area (Å²) in [5, 5.41) is 6.13. The van der Waals surface area contributed by atoms with Crippen molar-refractivity contribution in [3.8, 4) is 0 Å². The third kappa shape index (κ3) is 3.50. The Labute approximate surface area is 137 Å². The highest BCUT2D eigenvalue weighted by Gasteiger charge is 2.24. The van der Waals surface area contributed by atoms with Crippen LogP contribution in [0, 0.1) is 0 Å². The van der Waals surface area contributed by atoms with E-state index in [1.165, 1.54) is 11.5 Å². The fourth-order valence-corrected chi connectivity index (χ4v) is 3.89. The highest BCUT2D eigenvalue weighted by molar-refractivity contribution is 7.08. The van der Waals surface area contributed by atoms with Gasteiger partial charge in [0.15, 0.2) is 0 Å². The number of carbonyl (C=O) groups is 1. The third-order valence-corrected chi connectivity index (χ3v) is 5.22. The minimum Gasteiger partial charge on any atom is -0.337 e. The van der Waals surface area contributed by atoms with Crippen molar-refractivity contribution in [2.75, 3.05) is 26.2 Å². The molecule has 1 aliphatic rings. The first-order valence-corrected chi connectivity index (χ1v) is 9.19. The molecule has 0 aliphatic carbocycles. The number of nitrogens with zero attached hydrogens (tertiary/aromatic N) is 5. The van der Waals surface area contributed by atoms with E-state index in [0.717, 1.165) is 57.0 Å². The molecule has 22 heavy (non-hydrogen) atoms. The molecular formula is C14H19N5OS2. The lowest BCUT2D eigenvalue weighted by Gasteiger charge is -2.21. The van der Waals surface area contributed by atoms with Crippen LogP contribution >= 0.6 is 22.9 Å². The Hall–Kier alpha value is -1.38. The van der Waals surface area contributed by atoms with Crippen LogP contribution in [0.1, 0.15) is 34.4 Å². The smallest absolute Gasteiger partial charge is 0.267 e. The summed E-state index contributed by atoms with van der Waals surface area (Å²) in [6.07, 6.45) is 1.74. The second kappa shape index (κ2) is 7.26. The van der Waals surface area contributed by atoms with Gasteiger partial charge in [0.2, 0.25) is 0 Å². The Morgan fingerprint density at radius 2 is 2.23 bits per heavy atom. The number of aromatic nitrogens is 3. The quantitative estimate of drug-likeness (QED) is 0.853. The van der Waals surface area contributed by atoms with Crippen LogP contribution in [0.15, 0.2) is 10.9 Å². The maximum atomic E-state index is 12.6. The van der Waals surface area contributed by atoms with Crippen molar-refractivity contribution in [3.63, 3.8) is 0 Å². The highest BCUT2D eigenvalue weighted by Crippen LogP contribution is 2.16. The highest BCUT2D eigenvalue weighted by atomic mass is 32.1. The molecule has 6 nitrogen and oxygen atoms in total. The fraction of sp³-hybridized carbons (Fsp3) is 0.571. The summed E-state index contributed by atoms with van der Waals surface area (Å²) in [7, 11) is 0. The van der Waals surface area contributed by atoms with Gasteiger partial charge in [-0.3, -0.25) is 9.69 Å². The predicted octanol–water partition coefficient (Wildman–Crippen LogP) is 1.91. The van der Waals surface area contributed by atoms with Crippen molar-refractivity contribution in [1.82, 2.24) is 24.4 Å². The summed E-state index contributed by atoms with van der Waals surface area (Å²) in [6.45, 7) is 6.32. The van der Waals surface area contributed by atoms with Gasteiger partial charge in [0.05, 0.1) is 16.9 Å². The van der Waals surface area contributed by atoms with E-state index in [1.54, 1.807) is 11.3 Å². The topological polar surface area (TPSA) is 62.2 Å². The lowest BCUT2D eigenvalue weighted by Crippen LogP contribution is -2.35. The summed E-state index contributed by atoms with van der Waals surface area (Å²) >= 11 is 2.84. The molecule has 0 N–H and O–H groups in total. The first-order chi connectivity index (χ1) is 10.8. The standard InChI is InChI=1S/C14H19N5OS2/c1-2-12-13(22-17-16-12)14(20)19-5-3-4-18(6-7-19)8-11-9-21-10-15-11/h9-10H,2-8H2,1H3. The van der Waals surface area contributed by atoms with E-state index in [1.807, 2.05) is 17.3 Å². The van der Waals surface area contributed by atoms with Crippen molar-refractivity contribution in [2.24, 2.45) is 0 Å². The second-order valence-electron chi connectivity index (χ2n) is 5.30. The fourth-order valence-electron chi connectivity index (χ4n) is 2.62. The Kier molecular flexibility index (Phi) is 5.12. The predicted molar refractivity (Wildman–Crippen MR) is 87.2 cm³/mol. The van der Waals surface area contributed by atoms with Crippen LogP contribution in [0.2, 0.25) is 0 Å². The van der Waals surface area contributed by atoms with Gasteiger partial charge in [0, 0.05) is 38.1 Å². The van der Waals surface area contributed by atoms with Gasteiger partial charge in [-0.2, -0.15) is 0 Å². The number of hydrogen-bond donors (Lipinski definition) is 0. The molecule has 0 aromatic carbocycles. The summed E-state index contributed by atoms with van der Waals surface area (Å²) < 4.78 is 3.92. The first-order valence-electron chi connectivity index (χ1n) is 7.48. The van der Waals surface area contributed by atoms with Gasteiger partial charge in [-0.1, -0.05) is 11.4 Å². The minimum atomic E-state index is 0.0855. The summed E-state index contributed by atoms with van der Waals surface area (Å²) in [6, 6.07) is 0. The van der Waals surface area contributed by atoms with Crippen LogP contribution < -0.4 is 0 Å². The van der Waals surface area contributed by atoms with Crippen LogP contribution in [-0.2, 0) is 13.0 Å². The van der Waals surface area contributed by atoms with Gasteiger partial charge in [0.25, 0.3) is 5.91 Å². The number of carbonyl (C=O) groups excluding carboxylic acids is 1. The molecule has 1 fully saturated rings. The SMILES string of the molecule is CCc1nnsc1C(=O)N1CCCN(Cc2cscn2)CC1. The average molecular weight is 337 g/mol. The van der Waals surface area contributed by atoms with Crippen molar-refractivity contribution in [3.05, 3.63) is 27.2 Å². The molecule has 3 heterocycles. The van der Waals surface area contributed by atoms with Gasteiger partial charge in [-0.25, -0.2) is 4.98 Å². The number of amides is 1. The zero-order valence-electron chi connectivity index (χ0n) is 12.6. The number of thiazole rings is 1. The summed E-state index contributed by atoms with van der Waals surface area (Å²) in [4.78, 5) is 22.0. The van der Waals surface area contributed by atoms with E-state index < -0.39 is 0 Å². The molecule has 1 aliphatic heterocycles. The van der Waals surface area contributed by atoms with Crippen molar-refractivity contribution >= 4 is 28.8 Å². The summed E-state index contributed by atoms with van der Waals surface area (Å²) in [5.41, 5.74) is 3.80. The lowest BCUT2D eigenvalue weighted by molar-refractivity contribution is 0.0764. The largest absolute Gasteiger partial charge is 0.337 e. The van der Waals surface area contributed by atoms with Gasteiger partial charge < -0.3 is 4.90 Å². The second-order valence-corrected chi connectivity index (χ2v) is 6.78. The molecule has 0 bridgehead atoms. The van der Waals surface area contributed by atoms with Crippen LogP contribution in [0.4, 0.5) is 0 Å². The molecular weight excluding hydrogens is 318 g/mol. The molecule has 3 rings (SSSR count). The molecule has 0 radical (unpaired) electrons. The maximum absolute atomic E-state index is 12.6. The van der Waals surface area contributed by atoms with Crippen LogP contribution in [-0.4, -0.2) is 56.5 Å². The molecule has 2 aromatic rings. The molecule has 0 unspecified atom stereocenters. The Morgan fingerprint density at radius 3 is 3.00 bits per heavy atom. The van der Waals surface area contributed by atoms with Gasteiger partial charge in [-0.15, -0.1) is 16.4 Å². The molecule has 2 aromatic heterocycles. The van der Waals surface area contributed by atoms with Crippen molar-refractivity contribution in [2.45, 2.75) is 26.3 Å². The Balaban J connectivity index is 1.61. The van der Waals surface area contributed by atoms with E-state index >= 15 is 0 Å². The van der Waals surface area contributed by atoms with Gasteiger partial charge >= 0.3 is 0 Å². The zero-order valence-corrected chi connectivity index (χ0v) is 14.2. The number of hydrogen-bond acceptors (Lipinski definition) is 7. The Bertz CT molecular complexity index is 613. The molecule has 1 amide bonds. The van der Waals surface area contributed by atoms with E-state index in [0.29, 0.717) is 4.88 Å². The van der Waals surface area contributed by atoms with E-state index in [9.17, 15) is 4.79 Å². The first kappa shape index (κ1) is 15.5. The molecule has 0 spiro atoms. The van der Waals surface area contributed by atoms with Gasteiger partial charge in [-0.05, 0) is 24.4 Å². The third-order valence-electron chi connectivity index (χ3n) is 3.83. The van der Waals surface area contributed by atoms with Crippen LogP contribution in [0.5, 0.6) is 0 Å². The molecule has 118 valence electrons. The minimum absolute atomic E-state index is 0.0855. The van der Waals surface area contributed by atoms with E-state index in [4.69, 9.17) is 0 Å². The molecule has 0 saturated carbocycles.